The number of imidazole rings is 1. The summed E-state index contributed by atoms with van der Waals surface area (Å²) in [4.78, 5) is 4.32. The maximum absolute atomic E-state index is 5.71. The molecule has 4 heteroatoms. The number of ether oxygens (including phenoxy) is 1. The molecule has 0 aliphatic heterocycles. The fourth-order valence-electron chi connectivity index (χ4n) is 1.77. The summed E-state index contributed by atoms with van der Waals surface area (Å²) in [6.07, 6.45) is 4.14. The van der Waals surface area contributed by atoms with Crippen LogP contribution in [0.25, 0.3) is 11.0 Å². The van der Waals surface area contributed by atoms with Crippen molar-refractivity contribution in [3.8, 4) is 0 Å². The van der Waals surface area contributed by atoms with Gasteiger partial charge < -0.3 is 15.0 Å². The second-order valence-electron chi connectivity index (χ2n) is 4.15. The third-order valence-corrected chi connectivity index (χ3v) is 2.76. The van der Waals surface area contributed by atoms with E-state index in [1.54, 1.807) is 0 Å². The van der Waals surface area contributed by atoms with Crippen molar-refractivity contribution in [1.29, 1.82) is 0 Å². The van der Waals surface area contributed by atoms with Crippen LogP contribution in [0.4, 0.5) is 5.69 Å². The molecule has 1 aromatic carbocycles. The quantitative estimate of drug-likeness (QED) is 0.616. The summed E-state index contributed by atoms with van der Waals surface area (Å²) >= 11 is 0. The molecule has 0 saturated heterocycles. The normalized spacial score (nSPS) is 11.1. The van der Waals surface area contributed by atoms with Crippen molar-refractivity contribution in [3.63, 3.8) is 0 Å². The standard InChI is InChI=1S/C13H19N3O/c1-2-3-7-17-8-6-16-10-15-12-9-11(14)4-5-13(12)16/h4-5,9-10H,2-3,6-8,14H2,1H3. The van der Waals surface area contributed by atoms with Gasteiger partial charge in [0, 0.05) is 18.8 Å². The molecule has 2 N–H and O–H groups in total. The van der Waals surface area contributed by atoms with E-state index in [0.717, 1.165) is 42.9 Å². The van der Waals surface area contributed by atoms with E-state index < -0.39 is 0 Å². The van der Waals surface area contributed by atoms with Crippen molar-refractivity contribution in [2.75, 3.05) is 18.9 Å². The fourth-order valence-corrected chi connectivity index (χ4v) is 1.77. The first kappa shape index (κ1) is 11.9. The summed E-state index contributed by atoms with van der Waals surface area (Å²) in [6, 6.07) is 5.80. The van der Waals surface area contributed by atoms with Gasteiger partial charge >= 0.3 is 0 Å². The SMILES string of the molecule is CCCCOCCn1cnc2cc(N)ccc21. The Morgan fingerprint density at radius 3 is 3.06 bits per heavy atom. The summed E-state index contributed by atoms with van der Waals surface area (Å²) in [5.74, 6) is 0. The monoisotopic (exact) mass is 233 g/mol. The van der Waals surface area contributed by atoms with Gasteiger partial charge in [0.1, 0.15) is 0 Å². The topological polar surface area (TPSA) is 53.1 Å². The van der Waals surface area contributed by atoms with Crippen molar-refractivity contribution >= 4 is 16.7 Å². The maximum Gasteiger partial charge on any atom is 0.0959 e. The number of hydrogen-bond acceptors (Lipinski definition) is 3. The average molecular weight is 233 g/mol. The number of nitrogens with zero attached hydrogens (tertiary/aromatic N) is 2. The molecule has 92 valence electrons. The zero-order valence-electron chi connectivity index (χ0n) is 10.2. The van der Waals surface area contributed by atoms with Crippen LogP contribution in [0.1, 0.15) is 19.8 Å². The summed E-state index contributed by atoms with van der Waals surface area (Å²) in [7, 11) is 0. The van der Waals surface area contributed by atoms with Crippen LogP contribution in [0, 0.1) is 0 Å². The van der Waals surface area contributed by atoms with Gasteiger partial charge in [0.25, 0.3) is 0 Å². The molecule has 4 nitrogen and oxygen atoms in total. The molecule has 0 aliphatic rings. The molecule has 0 radical (unpaired) electrons. The minimum absolute atomic E-state index is 0.732. The van der Waals surface area contributed by atoms with Gasteiger partial charge in [0.2, 0.25) is 0 Å². The molecule has 0 spiro atoms. The number of hydrogen-bond donors (Lipinski definition) is 1. The summed E-state index contributed by atoms with van der Waals surface area (Å²) in [5, 5.41) is 0. The van der Waals surface area contributed by atoms with Crippen molar-refractivity contribution in [2.24, 2.45) is 0 Å². The van der Waals surface area contributed by atoms with Gasteiger partial charge in [-0.15, -0.1) is 0 Å². The fraction of sp³-hybridized carbons (Fsp3) is 0.462. The van der Waals surface area contributed by atoms with Crippen molar-refractivity contribution in [2.45, 2.75) is 26.3 Å². The summed E-state index contributed by atoms with van der Waals surface area (Å²) in [6.45, 7) is 4.58. The first-order valence-corrected chi connectivity index (χ1v) is 6.09. The van der Waals surface area contributed by atoms with Crippen molar-refractivity contribution in [3.05, 3.63) is 24.5 Å². The summed E-state index contributed by atoms with van der Waals surface area (Å²) < 4.78 is 7.64. The molecule has 17 heavy (non-hydrogen) atoms. The highest BCUT2D eigenvalue weighted by Gasteiger charge is 2.02. The molecule has 0 fully saturated rings. The van der Waals surface area contributed by atoms with E-state index >= 15 is 0 Å². The number of rotatable bonds is 6. The molecule has 0 bridgehead atoms. The number of anilines is 1. The highest BCUT2D eigenvalue weighted by atomic mass is 16.5. The third kappa shape index (κ3) is 2.97. The van der Waals surface area contributed by atoms with Crippen LogP contribution in [0.5, 0.6) is 0 Å². The lowest BCUT2D eigenvalue weighted by Crippen LogP contribution is -2.05. The molecule has 1 aromatic heterocycles. The lowest BCUT2D eigenvalue weighted by molar-refractivity contribution is 0.124. The predicted octanol–water partition coefficient (Wildman–Crippen LogP) is 2.44. The van der Waals surface area contributed by atoms with E-state index in [-0.39, 0.29) is 0 Å². The molecule has 2 aromatic rings. The van der Waals surface area contributed by atoms with Gasteiger partial charge in [-0.25, -0.2) is 4.98 Å². The van der Waals surface area contributed by atoms with Crippen LogP contribution in [-0.2, 0) is 11.3 Å². The van der Waals surface area contributed by atoms with Gasteiger partial charge in [-0.05, 0) is 24.6 Å². The van der Waals surface area contributed by atoms with Crippen LogP contribution >= 0.6 is 0 Å². The lowest BCUT2D eigenvalue weighted by atomic mass is 10.3. The van der Waals surface area contributed by atoms with Crippen molar-refractivity contribution in [1.82, 2.24) is 9.55 Å². The van der Waals surface area contributed by atoms with Crippen LogP contribution in [0.3, 0.4) is 0 Å². The number of unbranched alkanes of at least 4 members (excludes halogenated alkanes) is 1. The highest BCUT2D eigenvalue weighted by molar-refractivity contribution is 5.78. The van der Waals surface area contributed by atoms with Crippen LogP contribution < -0.4 is 5.73 Å². The lowest BCUT2D eigenvalue weighted by Gasteiger charge is -2.05. The Morgan fingerprint density at radius 1 is 1.35 bits per heavy atom. The van der Waals surface area contributed by atoms with Crippen LogP contribution in [0.15, 0.2) is 24.5 Å². The molecule has 0 aliphatic carbocycles. The molecule has 2 rings (SSSR count). The molecule has 0 amide bonds. The third-order valence-electron chi connectivity index (χ3n) is 2.76. The van der Waals surface area contributed by atoms with E-state index in [2.05, 4.69) is 16.5 Å². The largest absolute Gasteiger partial charge is 0.399 e. The zero-order chi connectivity index (χ0) is 12.1. The van der Waals surface area contributed by atoms with Gasteiger partial charge in [-0.3, -0.25) is 0 Å². The van der Waals surface area contributed by atoms with E-state index in [0.29, 0.717) is 0 Å². The van der Waals surface area contributed by atoms with Gasteiger partial charge in [0.15, 0.2) is 0 Å². The number of benzene rings is 1. The highest BCUT2D eigenvalue weighted by Crippen LogP contribution is 2.15. The Morgan fingerprint density at radius 2 is 2.24 bits per heavy atom. The Kier molecular flexibility index (Phi) is 3.98. The van der Waals surface area contributed by atoms with E-state index in [4.69, 9.17) is 10.5 Å². The molecule has 0 saturated carbocycles. The van der Waals surface area contributed by atoms with Crippen LogP contribution in [-0.4, -0.2) is 22.8 Å². The molecular weight excluding hydrogens is 214 g/mol. The second-order valence-corrected chi connectivity index (χ2v) is 4.15. The number of nitrogens with two attached hydrogens (primary N) is 1. The van der Waals surface area contributed by atoms with E-state index in [1.165, 1.54) is 6.42 Å². The Bertz CT molecular complexity index is 478. The number of aromatic nitrogens is 2. The minimum Gasteiger partial charge on any atom is -0.399 e. The zero-order valence-corrected chi connectivity index (χ0v) is 10.2. The molecule has 1 heterocycles. The maximum atomic E-state index is 5.71. The second kappa shape index (κ2) is 5.68. The molecular formula is C13H19N3O. The van der Waals surface area contributed by atoms with Gasteiger partial charge in [-0.1, -0.05) is 13.3 Å². The van der Waals surface area contributed by atoms with Crippen molar-refractivity contribution < 1.29 is 4.74 Å². The van der Waals surface area contributed by atoms with Gasteiger partial charge in [-0.2, -0.15) is 0 Å². The predicted molar refractivity (Wildman–Crippen MR) is 69.9 cm³/mol. The first-order chi connectivity index (χ1) is 8.31. The van der Waals surface area contributed by atoms with E-state index in [9.17, 15) is 0 Å². The Hall–Kier alpha value is -1.55. The number of nitrogen functional groups attached to an aromatic ring is 1. The average Bonchev–Trinajstić information content (AvgIpc) is 2.71. The summed E-state index contributed by atoms with van der Waals surface area (Å²) in [5.41, 5.74) is 8.52. The molecule has 0 atom stereocenters. The minimum atomic E-state index is 0.732. The molecule has 0 unspecified atom stereocenters. The smallest absolute Gasteiger partial charge is 0.0959 e. The first-order valence-electron chi connectivity index (χ1n) is 6.09. The van der Waals surface area contributed by atoms with Gasteiger partial charge in [0.05, 0.1) is 24.0 Å². The van der Waals surface area contributed by atoms with E-state index in [1.807, 2.05) is 24.5 Å². The Balaban J connectivity index is 1.95. The number of fused-ring (bicyclic) bond motifs is 1. The Labute approximate surface area is 101 Å². The van der Waals surface area contributed by atoms with Crippen LogP contribution in [0.2, 0.25) is 0 Å².